The molecule has 1 heterocycles. The van der Waals surface area contributed by atoms with Crippen LogP contribution in [0.4, 0.5) is 11.5 Å². The van der Waals surface area contributed by atoms with Gasteiger partial charge in [0.25, 0.3) is 0 Å². The fraction of sp³-hybridized carbons (Fsp3) is 0.643. The molecule has 1 aromatic rings. The first-order chi connectivity index (χ1) is 8.10. The van der Waals surface area contributed by atoms with Gasteiger partial charge in [-0.25, -0.2) is 4.98 Å². The number of rotatable bonds is 6. The van der Waals surface area contributed by atoms with Gasteiger partial charge in [-0.1, -0.05) is 20.3 Å². The summed E-state index contributed by atoms with van der Waals surface area (Å²) in [5, 5.41) is 0. The zero-order valence-corrected chi connectivity index (χ0v) is 11.5. The highest BCUT2D eigenvalue weighted by atomic mass is 15.2. The predicted molar refractivity (Wildman–Crippen MR) is 75.4 cm³/mol. The third-order valence-electron chi connectivity index (χ3n) is 3.18. The van der Waals surface area contributed by atoms with Crippen molar-refractivity contribution < 1.29 is 0 Å². The van der Waals surface area contributed by atoms with Crippen molar-refractivity contribution in [1.82, 2.24) is 4.98 Å². The Kier molecular flexibility index (Phi) is 5.26. The van der Waals surface area contributed by atoms with Crippen LogP contribution in [0.1, 0.15) is 45.6 Å². The normalized spacial score (nSPS) is 12.5. The predicted octanol–water partition coefficient (Wildman–Crippen LogP) is 3.38. The Hall–Kier alpha value is -1.25. The van der Waals surface area contributed by atoms with Gasteiger partial charge >= 0.3 is 0 Å². The van der Waals surface area contributed by atoms with E-state index in [-0.39, 0.29) is 0 Å². The molecule has 1 rings (SSSR count). The van der Waals surface area contributed by atoms with E-state index in [0.717, 1.165) is 30.0 Å². The van der Waals surface area contributed by atoms with Crippen LogP contribution in [0.2, 0.25) is 0 Å². The molecule has 96 valence electrons. The van der Waals surface area contributed by atoms with Crippen molar-refractivity contribution in [2.75, 3.05) is 17.2 Å². The van der Waals surface area contributed by atoms with E-state index in [1.54, 1.807) is 0 Å². The van der Waals surface area contributed by atoms with E-state index >= 15 is 0 Å². The maximum Gasteiger partial charge on any atom is 0.152 e. The molecule has 0 bridgehead atoms. The van der Waals surface area contributed by atoms with Crippen molar-refractivity contribution in [3.63, 3.8) is 0 Å². The molecule has 17 heavy (non-hydrogen) atoms. The quantitative estimate of drug-likeness (QED) is 0.822. The van der Waals surface area contributed by atoms with Crippen LogP contribution in [-0.4, -0.2) is 17.6 Å². The van der Waals surface area contributed by atoms with Crippen molar-refractivity contribution in [3.05, 3.63) is 17.8 Å². The second kappa shape index (κ2) is 6.48. The van der Waals surface area contributed by atoms with E-state index in [1.165, 1.54) is 12.8 Å². The molecule has 0 aliphatic carbocycles. The van der Waals surface area contributed by atoms with Gasteiger partial charge in [0.1, 0.15) is 0 Å². The fourth-order valence-corrected chi connectivity index (χ4v) is 1.91. The largest absolute Gasteiger partial charge is 0.396 e. The Labute approximate surface area is 105 Å². The molecule has 0 spiro atoms. The SMILES string of the molecule is CCCCN(c1ncc(C)cc1N)C(C)CC. The van der Waals surface area contributed by atoms with Gasteiger partial charge in [0.15, 0.2) is 5.82 Å². The first kappa shape index (κ1) is 13.8. The molecule has 0 amide bonds. The topological polar surface area (TPSA) is 42.2 Å². The summed E-state index contributed by atoms with van der Waals surface area (Å²) < 4.78 is 0. The standard InChI is InChI=1S/C14H25N3/c1-5-7-8-17(12(4)6-2)14-13(15)9-11(3)10-16-14/h9-10,12H,5-8,15H2,1-4H3. The lowest BCUT2D eigenvalue weighted by molar-refractivity contribution is 0.590. The van der Waals surface area contributed by atoms with Gasteiger partial charge in [-0.05, 0) is 38.3 Å². The zero-order valence-electron chi connectivity index (χ0n) is 11.5. The first-order valence-electron chi connectivity index (χ1n) is 6.58. The summed E-state index contributed by atoms with van der Waals surface area (Å²) in [4.78, 5) is 6.83. The molecule has 0 aromatic carbocycles. The fourth-order valence-electron chi connectivity index (χ4n) is 1.91. The molecule has 0 fully saturated rings. The third-order valence-corrected chi connectivity index (χ3v) is 3.18. The van der Waals surface area contributed by atoms with E-state index in [0.29, 0.717) is 6.04 Å². The number of nitrogens with two attached hydrogens (primary N) is 1. The lowest BCUT2D eigenvalue weighted by Gasteiger charge is -2.30. The van der Waals surface area contributed by atoms with Crippen molar-refractivity contribution in [1.29, 1.82) is 0 Å². The maximum atomic E-state index is 6.08. The van der Waals surface area contributed by atoms with Gasteiger partial charge in [-0.15, -0.1) is 0 Å². The molecule has 0 aliphatic heterocycles. The number of unbranched alkanes of at least 4 members (excludes halogenated alkanes) is 1. The molecular weight excluding hydrogens is 210 g/mol. The van der Waals surface area contributed by atoms with E-state index in [1.807, 2.05) is 19.2 Å². The molecule has 0 saturated carbocycles. The number of pyridine rings is 1. The molecule has 0 radical (unpaired) electrons. The molecule has 1 atom stereocenters. The molecule has 1 unspecified atom stereocenters. The highest BCUT2D eigenvalue weighted by molar-refractivity contribution is 5.63. The number of hydrogen-bond acceptors (Lipinski definition) is 3. The van der Waals surface area contributed by atoms with Crippen LogP contribution in [0.25, 0.3) is 0 Å². The maximum absolute atomic E-state index is 6.08. The van der Waals surface area contributed by atoms with Crippen molar-refractivity contribution >= 4 is 11.5 Å². The van der Waals surface area contributed by atoms with Crippen molar-refractivity contribution in [3.8, 4) is 0 Å². The number of anilines is 2. The Balaban J connectivity index is 2.95. The van der Waals surface area contributed by atoms with Crippen LogP contribution in [0.15, 0.2) is 12.3 Å². The van der Waals surface area contributed by atoms with Crippen LogP contribution in [0.3, 0.4) is 0 Å². The second-order valence-electron chi connectivity index (χ2n) is 4.73. The van der Waals surface area contributed by atoms with Crippen LogP contribution in [0, 0.1) is 6.92 Å². The minimum atomic E-state index is 0.485. The molecule has 3 heteroatoms. The van der Waals surface area contributed by atoms with Gasteiger partial charge in [-0.3, -0.25) is 0 Å². The average Bonchev–Trinajstić information content (AvgIpc) is 2.31. The van der Waals surface area contributed by atoms with Crippen molar-refractivity contribution in [2.45, 2.75) is 53.0 Å². The van der Waals surface area contributed by atoms with Gasteiger partial charge in [-0.2, -0.15) is 0 Å². The van der Waals surface area contributed by atoms with Crippen LogP contribution >= 0.6 is 0 Å². The van der Waals surface area contributed by atoms with E-state index in [9.17, 15) is 0 Å². The van der Waals surface area contributed by atoms with Gasteiger partial charge in [0.05, 0.1) is 5.69 Å². The lowest BCUT2D eigenvalue weighted by Crippen LogP contribution is -2.34. The minimum Gasteiger partial charge on any atom is -0.396 e. The number of nitrogens with zero attached hydrogens (tertiary/aromatic N) is 2. The Morgan fingerprint density at radius 3 is 2.65 bits per heavy atom. The minimum absolute atomic E-state index is 0.485. The Morgan fingerprint density at radius 2 is 2.12 bits per heavy atom. The van der Waals surface area contributed by atoms with Crippen molar-refractivity contribution in [2.24, 2.45) is 0 Å². The molecule has 2 N–H and O–H groups in total. The number of hydrogen-bond donors (Lipinski definition) is 1. The summed E-state index contributed by atoms with van der Waals surface area (Å²) in [6, 6.07) is 2.49. The molecule has 0 saturated heterocycles. The Morgan fingerprint density at radius 1 is 1.41 bits per heavy atom. The van der Waals surface area contributed by atoms with Gasteiger partial charge in [0.2, 0.25) is 0 Å². The summed E-state index contributed by atoms with van der Waals surface area (Å²) in [5.41, 5.74) is 7.99. The summed E-state index contributed by atoms with van der Waals surface area (Å²) in [7, 11) is 0. The third kappa shape index (κ3) is 3.62. The molecule has 0 aliphatic rings. The van der Waals surface area contributed by atoms with Crippen LogP contribution in [-0.2, 0) is 0 Å². The second-order valence-corrected chi connectivity index (χ2v) is 4.73. The monoisotopic (exact) mass is 235 g/mol. The summed E-state index contributed by atoms with van der Waals surface area (Å²) in [5.74, 6) is 0.943. The van der Waals surface area contributed by atoms with E-state index in [2.05, 4.69) is 30.7 Å². The summed E-state index contributed by atoms with van der Waals surface area (Å²) >= 11 is 0. The van der Waals surface area contributed by atoms with Gasteiger partial charge < -0.3 is 10.6 Å². The Bertz CT molecular complexity index is 349. The molecule has 1 aromatic heterocycles. The smallest absolute Gasteiger partial charge is 0.152 e. The summed E-state index contributed by atoms with van der Waals surface area (Å²) in [6.45, 7) is 9.70. The number of aryl methyl sites for hydroxylation is 1. The van der Waals surface area contributed by atoms with E-state index < -0.39 is 0 Å². The molecule has 3 nitrogen and oxygen atoms in total. The first-order valence-corrected chi connectivity index (χ1v) is 6.58. The van der Waals surface area contributed by atoms with E-state index in [4.69, 9.17) is 5.73 Å². The van der Waals surface area contributed by atoms with Crippen LogP contribution in [0.5, 0.6) is 0 Å². The van der Waals surface area contributed by atoms with Crippen LogP contribution < -0.4 is 10.6 Å². The summed E-state index contributed by atoms with van der Waals surface area (Å²) in [6.07, 6.45) is 5.38. The zero-order chi connectivity index (χ0) is 12.8. The highest BCUT2D eigenvalue weighted by Crippen LogP contribution is 2.24. The van der Waals surface area contributed by atoms with Gasteiger partial charge in [0, 0.05) is 18.8 Å². The number of aromatic nitrogens is 1. The molecular formula is C14H25N3. The highest BCUT2D eigenvalue weighted by Gasteiger charge is 2.16. The lowest BCUT2D eigenvalue weighted by atomic mass is 10.1. The average molecular weight is 235 g/mol. The number of nitrogen functional groups attached to an aromatic ring is 1.